The monoisotopic (exact) mass is 340 g/mol. The van der Waals surface area contributed by atoms with Gasteiger partial charge in [-0.1, -0.05) is 42.1 Å². The van der Waals surface area contributed by atoms with Crippen molar-refractivity contribution in [2.45, 2.75) is 17.3 Å². The number of hydrogen-bond acceptors (Lipinski definition) is 6. The normalized spacial score (nSPS) is 12.0. The minimum atomic E-state index is -1.17. The first-order chi connectivity index (χ1) is 11.6. The van der Waals surface area contributed by atoms with Crippen molar-refractivity contribution in [2.75, 3.05) is 0 Å². The van der Waals surface area contributed by atoms with Crippen LogP contribution >= 0.6 is 11.8 Å². The third kappa shape index (κ3) is 3.11. The maximum Gasteiger partial charge on any atom is 0.196 e. The molecule has 7 heteroatoms. The molecule has 6 nitrogen and oxygen atoms in total. The molecule has 0 saturated heterocycles. The van der Waals surface area contributed by atoms with E-state index in [-0.39, 0.29) is 5.75 Å². The molecule has 1 N–H and O–H groups in total. The molecule has 1 atom stereocenters. The highest BCUT2D eigenvalue weighted by Gasteiger charge is 2.20. The second kappa shape index (κ2) is 6.76. The molecule has 0 amide bonds. The predicted octanol–water partition coefficient (Wildman–Crippen LogP) is 1.87. The van der Waals surface area contributed by atoms with Gasteiger partial charge in [0.1, 0.15) is 5.75 Å². The fourth-order valence-corrected chi connectivity index (χ4v) is 3.00. The van der Waals surface area contributed by atoms with E-state index >= 15 is 0 Å². The Kier molecular flexibility index (Phi) is 4.52. The number of carbonyl (C=O) groups excluding carboxylic acids is 1. The number of aromatic nitrogens is 3. The molecule has 0 radical (unpaired) electrons. The molecule has 3 rings (SSSR count). The maximum atomic E-state index is 11.1. The molecule has 0 spiro atoms. The van der Waals surface area contributed by atoms with Crippen LogP contribution in [0.2, 0.25) is 0 Å². The summed E-state index contributed by atoms with van der Waals surface area (Å²) >= 11 is 1.04. The van der Waals surface area contributed by atoms with Gasteiger partial charge in [0.05, 0.1) is 11.5 Å². The molecule has 0 bridgehead atoms. The van der Waals surface area contributed by atoms with Crippen LogP contribution < -0.4 is 5.11 Å². The Labute approximate surface area is 142 Å². The fraction of sp³-hybridized carbons (Fsp3) is 0.118. The minimum Gasteiger partial charge on any atom is -0.549 e. The Bertz CT molecular complexity index is 865. The number of phenolic OH excluding ortho intramolecular Hbond substituents is 1. The second-order valence-corrected chi connectivity index (χ2v) is 6.38. The summed E-state index contributed by atoms with van der Waals surface area (Å²) in [6.07, 6.45) is 0. The number of aliphatic carboxylic acids is 1. The van der Waals surface area contributed by atoms with Crippen LogP contribution in [-0.2, 0) is 4.79 Å². The van der Waals surface area contributed by atoms with Crippen molar-refractivity contribution >= 4 is 17.7 Å². The first kappa shape index (κ1) is 16.1. The quantitative estimate of drug-likeness (QED) is 0.713. The molecule has 0 unspecified atom stereocenters. The summed E-state index contributed by atoms with van der Waals surface area (Å²) in [5, 5.41) is 29.1. The lowest BCUT2D eigenvalue weighted by atomic mass is 10.2. The van der Waals surface area contributed by atoms with Crippen LogP contribution in [0.15, 0.2) is 59.8 Å². The number of hydrogen-bond donors (Lipinski definition) is 1. The Morgan fingerprint density at radius 1 is 1.12 bits per heavy atom. The Balaban J connectivity index is 2.15. The summed E-state index contributed by atoms with van der Waals surface area (Å²) in [6, 6.07) is 16.1. The molecule has 0 saturated carbocycles. The van der Waals surface area contributed by atoms with Crippen molar-refractivity contribution in [2.24, 2.45) is 0 Å². The van der Waals surface area contributed by atoms with E-state index in [0.717, 1.165) is 17.4 Å². The van der Waals surface area contributed by atoms with Gasteiger partial charge < -0.3 is 15.0 Å². The maximum absolute atomic E-state index is 11.1. The minimum absolute atomic E-state index is 0.0755. The number of thioether (sulfide) groups is 1. The third-order valence-electron chi connectivity index (χ3n) is 3.41. The lowest BCUT2D eigenvalue weighted by molar-refractivity contribution is -0.304. The van der Waals surface area contributed by atoms with Crippen LogP contribution in [0, 0.1) is 0 Å². The topological polar surface area (TPSA) is 91.1 Å². The van der Waals surface area contributed by atoms with Crippen LogP contribution in [0.25, 0.3) is 17.1 Å². The number of para-hydroxylation sites is 2. The average molecular weight is 340 g/mol. The average Bonchev–Trinajstić information content (AvgIpc) is 2.99. The number of rotatable bonds is 5. The highest BCUT2D eigenvalue weighted by Crippen LogP contribution is 2.33. The highest BCUT2D eigenvalue weighted by molar-refractivity contribution is 8.00. The largest absolute Gasteiger partial charge is 0.549 e. The summed E-state index contributed by atoms with van der Waals surface area (Å²) in [5.41, 5.74) is 1.29. The summed E-state index contributed by atoms with van der Waals surface area (Å²) in [7, 11) is 0. The molecule has 1 aromatic heterocycles. The van der Waals surface area contributed by atoms with Gasteiger partial charge in [0.2, 0.25) is 0 Å². The first-order valence-electron chi connectivity index (χ1n) is 7.24. The number of carboxylic acids is 1. The highest BCUT2D eigenvalue weighted by atomic mass is 32.2. The summed E-state index contributed by atoms with van der Waals surface area (Å²) in [4.78, 5) is 11.1. The van der Waals surface area contributed by atoms with Crippen molar-refractivity contribution in [1.29, 1.82) is 0 Å². The molecule has 0 aliphatic carbocycles. The molecule has 24 heavy (non-hydrogen) atoms. The number of carboxylic acid groups (broad SMARTS) is 1. The smallest absolute Gasteiger partial charge is 0.196 e. The second-order valence-electron chi connectivity index (χ2n) is 5.07. The van der Waals surface area contributed by atoms with Gasteiger partial charge in [-0.2, -0.15) is 0 Å². The molecule has 2 aromatic carbocycles. The van der Waals surface area contributed by atoms with E-state index < -0.39 is 11.2 Å². The van der Waals surface area contributed by atoms with Gasteiger partial charge in [-0.25, -0.2) is 0 Å². The predicted molar refractivity (Wildman–Crippen MR) is 88.8 cm³/mol. The molecule has 1 heterocycles. The number of phenols is 1. The van der Waals surface area contributed by atoms with Gasteiger partial charge in [-0.3, -0.25) is 4.57 Å². The summed E-state index contributed by atoms with van der Waals surface area (Å²) in [5.74, 6) is -0.661. The van der Waals surface area contributed by atoms with Crippen LogP contribution in [0.3, 0.4) is 0 Å². The van der Waals surface area contributed by atoms with E-state index in [1.165, 1.54) is 6.92 Å². The zero-order valence-electron chi connectivity index (χ0n) is 12.8. The lowest BCUT2D eigenvalue weighted by Crippen LogP contribution is -2.31. The Morgan fingerprint density at radius 3 is 2.46 bits per heavy atom. The zero-order chi connectivity index (χ0) is 17.1. The standard InChI is InChI=1S/C17H15N3O3S/c1-11(16(22)23)24-17-19-18-15(13-9-5-6-10-14(13)21)20(17)12-7-3-2-4-8-12/h2-11,21H,1H3,(H,22,23)/p-1/t11-/m1/s1. The van der Waals surface area contributed by atoms with E-state index in [0.29, 0.717) is 16.5 Å². The van der Waals surface area contributed by atoms with Crippen LogP contribution in [0.4, 0.5) is 0 Å². The lowest BCUT2D eigenvalue weighted by Gasteiger charge is -2.14. The van der Waals surface area contributed by atoms with E-state index in [1.807, 2.05) is 30.3 Å². The summed E-state index contributed by atoms with van der Waals surface area (Å²) < 4.78 is 1.72. The number of benzene rings is 2. The molecule has 0 aliphatic rings. The van der Waals surface area contributed by atoms with Gasteiger partial charge in [0.15, 0.2) is 11.0 Å². The molecular weight excluding hydrogens is 326 g/mol. The van der Waals surface area contributed by atoms with Crippen molar-refractivity contribution in [3.05, 3.63) is 54.6 Å². The molecule has 0 aliphatic heterocycles. The fourth-order valence-electron chi connectivity index (χ4n) is 2.20. The van der Waals surface area contributed by atoms with Crippen LogP contribution in [-0.4, -0.2) is 31.1 Å². The van der Waals surface area contributed by atoms with E-state index in [9.17, 15) is 15.0 Å². The van der Waals surface area contributed by atoms with Gasteiger partial charge in [0, 0.05) is 10.9 Å². The molecule has 3 aromatic rings. The van der Waals surface area contributed by atoms with E-state index in [1.54, 1.807) is 28.8 Å². The van der Waals surface area contributed by atoms with Crippen molar-refractivity contribution < 1.29 is 15.0 Å². The number of nitrogens with zero attached hydrogens (tertiary/aromatic N) is 3. The van der Waals surface area contributed by atoms with Crippen LogP contribution in [0.1, 0.15) is 6.92 Å². The van der Waals surface area contributed by atoms with Gasteiger partial charge in [-0.15, -0.1) is 10.2 Å². The molecule has 122 valence electrons. The third-order valence-corrected chi connectivity index (χ3v) is 4.43. The van der Waals surface area contributed by atoms with E-state index in [2.05, 4.69) is 10.2 Å². The van der Waals surface area contributed by atoms with Gasteiger partial charge in [-0.05, 0) is 31.2 Å². The zero-order valence-corrected chi connectivity index (χ0v) is 13.6. The number of aromatic hydroxyl groups is 1. The SMILES string of the molecule is C[C@@H](Sc1nnc(-c2ccccc2O)n1-c1ccccc1)C(=O)[O-]. The van der Waals surface area contributed by atoms with Crippen molar-refractivity contribution in [3.63, 3.8) is 0 Å². The van der Waals surface area contributed by atoms with Gasteiger partial charge >= 0.3 is 0 Å². The first-order valence-corrected chi connectivity index (χ1v) is 8.12. The van der Waals surface area contributed by atoms with Crippen molar-refractivity contribution in [1.82, 2.24) is 14.8 Å². The van der Waals surface area contributed by atoms with Crippen LogP contribution in [0.5, 0.6) is 5.75 Å². The Morgan fingerprint density at radius 2 is 1.79 bits per heavy atom. The van der Waals surface area contributed by atoms with Gasteiger partial charge in [0.25, 0.3) is 0 Å². The molecular formula is C17H14N3O3S-. The van der Waals surface area contributed by atoms with E-state index in [4.69, 9.17) is 0 Å². The summed E-state index contributed by atoms with van der Waals surface area (Å²) in [6.45, 7) is 1.53. The van der Waals surface area contributed by atoms with Crippen molar-refractivity contribution in [3.8, 4) is 22.8 Å². The Hall–Kier alpha value is -2.80. The molecule has 0 fully saturated rings. The number of carbonyl (C=O) groups is 1.